The van der Waals surface area contributed by atoms with E-state index in [1.54, 1.807) is 23.2 Å². The topological polar surface area (TPSA) is 67.6 Å². The molecule has 0 bridgehead atoms. The summed E-state index contributed by atoms with van der Waals surface area (Å²) in [6, 6.07) is 6.31. The van der Waals surface area contributed by atoms with Crippen molar-refractivity contribution in [2.24, 2.45) is 14.1 Å². The first-order valence-corrected chi connectivity index (χ1v) is 10.7. The molecule has 2 aliphatic rings. The summed E-state index contributed by atoms with van der Waals surface area (Å²) >= 11 is 0. The van der Waals surface area contributed by atoms with Crippen LogP contribution in [-0.2, 0) is 30.1 Å². The number of rotatable bonds is 4. The number of amides is 2. The highest BCUT2D eigenvalue weighted by molar-refractivity contribution is 5.80. The van der Waals surface area contributed by atoms with Crippen LogP contribution < -0.4 is 5.69 Å². The van der Waals surface area contributed by atoms with Crippen molar-refractivity contribution in [2.75, 3.05) is 13.1 Å². The van der Waals surface area contributed by atoms with Gasteiger partial charge >= 0.3 is 5.69 Å². The molecule has 2 aromatic rings. The minimum absolute atomic E-state index is 0.0419. The number of hydrogen-bond donors (Lipinski definition) is 0. The third kappa shape index (κ3) is 3.36. The minimum atomic E-state index is -0.0419. The Hall–Kier alpha value is -2.57. The lowest BCUT2D eigenvalue weighted by molar-refractivity contribution is -0.135. The Morgan fingerprint density at radius 1 is 1.07 bits per heavy atom. The Kier molecular flexibility index (Phi) is 5.23. The number of carbonyl (C=O) groups is 2. The highest BCUT2D eigenvalue weighted by atomic mass is 16.2. The van der Waals surface area contributed by atoms with E-state index in [1.807, 2.05) is 34.9 Å². The van der Waals surface area contributed by atoms with Gasteiger partial charge in [-0.15, -0.1) is 0 Å². The molecule has 2 amide bonds. The number of aromatic nitrogens is 2. The third-order valence-corrected chi connectivity index (χ3v) is 6.75. The number of carbonyl (C=O) groups excluding carboxylic acids is 2. The van der Waals surface area contributed by atoms with Gasteiger partial charge in [-0.3, -0.25) is 18.7 Å². The predicted octanol–water partition coefficient (Wildman–Crippen LogP) is 1.81. The van der Waals surface area contributed by atoms with Crippen LogP contribution in [-0.4, -0.2) is 55.9 Å². The first-order chi connectivity index (χ1) is 13.9. The summed E-state index contributed by atoms with van der Waals surface area (Å²) in [5, 5.41) is 0. The molecule has 4 rings (SSSR count). The van der Waals surface area contributed by atoms with Gasteiger partial charge in [0.05, 0.1) is 23.1 Å². The second-order valence-corrected chi connectivity index (χ2v) is 8.31. The van der Waals surface area contributed by atoms with Crippen molar-refractivity contribution in [1.29, 1.82) is 0 Å². The van der Waals surface area contributed by atoms with E-state index in [0.717, 1.165) is 48.9 Å². The molecule has 7 nitrogen and oxygen atoms in total. The van der Waals surface area contributed by atoms with Gasteiger partial charge in [0.1, 0.15) is 0 Å². The lowest BCUT2D eigenvalue weighted by Gasteiger charge is -2.32. The van der Waals surface area contributed by atoms with Crippen molar-refractivity contribution in [3.05, 3.63) is 34.2 Å². The van der Waals surface area contributed by atoms with Crippen LogP contribution in [0.25, 0.3) is 11.0 Å². The summed E-state index contributed by atoms with van der Waals surface area (Å²) in [6.45, 7) is 3.49. The number of imidazole rings is 1. The Labute approximate surface area is 170 Å². The summed E-state index contributed by atoms with van der Waals surface area (Å²) in [5.74, 6) is 0.404. The fraction of sp³-hybridized carbons (Fsp3) is 0.591. The Morgan fingerprint density at radius 3 is 2.59 bits per heavy atom. The number of hydrogen-bond acceptors (Lipinski definition) is 3. The SMILES string of the molecule is CCN1C(=O)CCC[C@@H]2[C@H]1CCN2C(=O)CCc1ccc2c(c1)n(C)c(=O)n2C. The number of fused-ring (bicyclic) bond motifs is 2. The maximum Gasteiger partial charge on any atom is 0.328 e. The maximum absolute atomic E-state index is 13.0. The molecule has 1 aromatic carbocycles. The molecule has 29 heavy (non-hydrogen) atoms. The molecule has 2 aliphatic heterocycles. The van der Waals surface area contributed by atoms with Crippen molar-refractivity contribution < 1.29 is 9.59 Å². The molecule has 0 N–H and O–H groups in total. The Balaban J connectivity index is 1.46. The second-order valence-electron chi connectivity index (χ2n) is 8.31. The van der Waals surface area contributed by atoms with Crippen LogP contribution >= 0.6 is 0 Å². The lowest BCUT2D eigenvalue weighted by Crippen LogP contribution is -2.47. The number of likely N-dealkylation sites (tertiary alicyclic amines) is 2. The first-order valence-electron chi connectivity index (χ1n) is 10.7. The van der Waals surface area contributed by atoms with Gasteiger partial charge < -0.3 is 9.80 Å². The molecule has 3 heterocycles. The van der Waals surface area contributed by atoms with E-state index >= 15 is 0 Å². The lowest BCUT2D eigenvalue weighted by atomic mass is 10.0. The van der Waals surface area contributed by atoms with Crippen molar-refractivity contribution in [3.8, 4) is 0 Å². The van der Waals surface area contributed by atoms with Crippen LogP contribution in [0.4, 0.5) is 0 Å². The largest absolute Gasteiger partial charge is 0.338 e. The van der Waals surface area contributed by atoms with Crippen LogP contribution in [0.2, 0.25) is 0 Å². The number of nitrogens with zero attached hydrogens (tertiary/aromatic N) is 4. The fourth-order valence-corrected chi connectivity index (χ4v) is 5.16. The number of likely N-dealkylation sites (N-methyl/N-ethyl adjacent to an activating group) is 1. The van der Waals surface area contributed by atoms with Crippen molar-refractivity contribution in [3.63, 3.8) is 0 Å². The quantitative estimate of drug-likeness (QED) is 0.789. The van der Waals surface area contributed by atoms with E-state index in [-0.39, 0.29) is 29.6 Å². The molecule has 2 atom stereocenters. The molecule has 7 heteroatoms. The molecular weight excluding hydrogens is 368 g/mol. The standard InChI is InChI=1S/C22H30N4O3/c1-4-25-18-12-13-26(17(18)6-5-7-20(25)27)21(28)11-9-15-8-10-16-19(14-15)24(3)22(29)23(16)2/h8,10,14,17-18H,4-7,9,11-13H2,1-3H3/t17-,18-/m1/s1. The molecule has 0 saturated carbocycles. The predicted molar refractivity (Wildman–Crippen MR) is 112 cm³/mol. The molecule has 156 valence electrons. The van der Waals surface area contributed by atoms with Gasteiger partial charge in [-0.25, -0.2) is 4.79 Å². The van der Waals surface area contributed by atoms with E-state index in [1.165, 1.54) is 0 Å². The number of aryl methyl sites for hydroxylation is 3. The van der Waals surface area contributed by atoms with Gasteiger partial charge in [0.25, 0.3) is 0 Å². The summed E-state index contributed by atoms with van der Waals surface area (Å²) < 4.78 is 3.29. The van der Waals surface area contributed by atoms with E-state index in [4.69, 9.17) is 0 Å². The minimum Gasteiger partial charge on any atom is -0.338 e. The molecule has 1 aromatic heterocycles. The van der Waals surface area contributed by atoms with Gasteiger partial charge in [0.15, 0.2) is 0 Å². The zero-order valence-electron chi connectivity index (χ0n) is 17.6. The zero-order valence-corrected chi connectivity index (χ0v) is 17.6. The van der Waals surface area contributed by atoms with Gasteiger partial charge in [-0.05, 0) is 50.3 Å². The summed E-state index contributed by atoms with van der Waals surface area (Å²) in [7, 11) is 3.55. The van der Waals surface area contributed by atoms with Crippen LogP contribution in [0.5, 0.6) is 0 Å². The van der Waals surface area contributed by atoms with Crippen molar-refractivity contribution in [1.82, 2.24) is 18.9 Å². The molecule has 2 fully saturated rings. The van der Waals surface area contributed by atoms with Crippen LogP contribution in [0.15, 0.2) is 23.0 Å². The molecule has 0 aliphatic carbocycles. The van der Waals surface area contributed by atoms with E-state index in [0.29, 0.717) is 19.3 Å². The van der Waals surface area contributed by atoms with Gasteiger partial charge in [-0.2, -0.15) is 0 Å². The summed E-state index contributed by atoms with van der Waals surface area (Å²) in [6.07, 6.45) is 4.36. The summed E-state index contributed by atoms with van der Waals surface area (Å²) in [5.41, 5.74) is 2.82. The monoisotopic (exact) mass is 398 g/mol. The van der Waals surface area contributed by atoms with Gasteiger partial charge in [0.2, 0.25) is 11.8 Å². The molecular formula is C22H30N4O3. The smallest absolute Gasteiger partial charge is 0.328 e. The van der Waals surface area contributed by atoms with Gasteiger partial charge in [-0.1, -0.05) is 6.07 Å². The van der Waals surface area contributed by atoms with Crippen molar-refractivity contribution in [2.45, 2.75) is 57.5 Å². The van der Waals surface area contributed by atoms with Crippen LogP contribution in [0.1, 0.15) is 44.6 Å². The van der Waals surface area contributed by atoms with Crippen LogP contribution in [0.3, 0.4) is 0 Å². The normalized spacial score (nSPS) is 22.2. The third-order valence-electron chi connectivity index (χ3n) is 6.75. The van der Waals surface area contributed by atoms with E-state index < -0.39 is 0 Å². The number of benzene rings is 1. The molecule has 2 saturated heterocycles. The molecule has 0 unspecified atom stereocenters. The second kappa shape index (κ2) is 7.69. The highest BCUT2D eigenvalue weighted by Crippen LogP contribution is 2.31. The zero-order chi connectivity index (χ0) is 20.7. The Morgan fingerprint density at radius 2 is 1.83 bits per heavy atom. The summed E-state index contributed by atoms with van der Waals surface area (Å²) in [4.78, 5) is 41.5. The van der Waals surface area contributed by atoms with Crippen LogP contribution in [0, 0.1) is 0 Å². The van der Waals surface area contributed by atoms with E-state index in [9.17, 15) is 14.4 Å². The molecule has 0 spiro atoms. The Bertz CT molecular complexity index is 1010. The fourth-order valence-electron chi connectivity index (χ4n) is 5.16. The highest BCUT2D eigenvalue weighted by Gasteiger charge is 2.42. The average molecular weight is 399 g/mol. The first kappa shape index (κ1) is 19.7. The maximum atomic E-state index is 13.0. The average Bonchev–Trinajstić information content (AvgIpc) is 3.16. The van der Waals surface area contributed by atoms with Gasteiger partial charge in [0, 0.05) is 40.0 Å². The van der Waals surface area contributed by atoms with Crippen molar-refractivity contribution >= 4 is 22.8 Å². The van der Waals surface area contributed by atoms with E-state index in [2.05, 4.69) is 0 Å². The molecule has 0 radical (unpaired) electrons.